The first-order valence-electron chi connectivity index (χ1n) is 6.60. The van der Waals surface area contributed by atoms with Crippen molar-refractivity contribution in [2.75, 3.05) is 6.26 Å². The molecule has 0 spiro atoms. The molecule has 0 fully saturated rings. The SMILES string of the molecule is CS(=O)(=O)c1cc(C(=O)NC(=N)N)ccc1Oc1ccccc1Cl.Cl. The second kappa shape index (κ2) is 8.19. The second-order valence-electron chi connectivity index (χ2n) is 4.83. The molecule has 7 nitrogen and oxygen atoms in total. The Bertz CT molecular complexity index is 917. The highest BCUT2D eigenvalue weighted by atomic mass is 35.5. The van der Waals surface area contributed by atoms with E-state index in [9.17, 15) is 13.2 Å². The molecule has 0 atom stereocenters. The van der Waals surface area contributed by atoms with Gasteiger partial charge in [0.1, 0.15) is 16.4 Å². The van der Waals surface area contributed by atoms with Crippen LogP contribution in [0, 0.1) is 5.41 Å². The third-order valence-corrected chi connectivity index (χ3v) is 4.34. The van der Waals surface area contributed by atoms with Crippen LogP contribution in [0.5, 0.6) is 11.5 Å². The molecule has 0 saturated carbocycles. The van der Waals surface area contributed by atoms with Crippen molar-refractivity contribution in [1.82, 2.24) is 5.32 Å². The number of sulfone groups is 1. The Morgan fingerprint density at radius 2 is 1.84 bits per heavy atom. The Hall–Kier alpha value is -2.29. The summed E-state index contributed by atoms with van der Waals surface area (Å²) in [6, 6.07) is 10.4. The number of carbonyl (C=O) groups excluding carboxylic acids is 1. The van der Waals surface area contributed by atoms with E-state index in [-0.39, 0.29) is 34.4 Å². The van der Waals surface area contributed by atoms with E-state index in [1.165, 1.54) is 12.1 Å². The maximum atomic E-state index is 12.0. The van der Waals surface area contributed by atoms with Crippen molar-refractivity contribution >= 4 is 45.7 Å². The van der Waals surface area contributed by atoms with Gasteiger partial charge in [-0.05, 0) is 30.3 Å². The van der Waals surface area contributed by atoms with Crippen LogP contribution in [0.15, 0.2) is 47.4 Å². The summed E-state index contributed by atoms with van der Waals surface area (Å²) in [4.78, 5) is 11.7. The van der Waals surface area contributed by atoms with E-state index in [2.05, 4.69) is 5.32 Å². The van der Waals surface area contributed by atoms with E-state index < -0.39 is 21.7 Å². The molecule has 4 N–H and O–H groups in total. The molecule has 0 saturated heterocycles. The number of benzene rings is 2. The molecule has 1 amide bonds. The third-order valence-electron chi connectivity index (χ3n) is 2.91. The second-order valence-corrected chi connectivity index (χ2v) is 7.23. The molecule has 2 rings (SSSR count). The monoisotopic (exact) mass is 403 g/mol. The molecule has 0 radical (unpaired) electrons. The van der Waals surface area contributed by atoms with Gasteiger partial charge in [0.2, 0.25) is 0 Å². The van der Waals surface area contributed by atoms with Gasteiger partial charge in [-0.2, -0.15) is 0 Å². The minimum absolute atomic E-state index is 0. The average Bonchev–Trinajstić information content (AvgIpc) is 2.48. The quantitative estimate of drug-likeness (QED) is 0.534. The summed E-state index contributed by atoms with van der Waals surface area (Å²) in [5.74, 6) is -0.927. The van der Waals surface area contributed by atoms with E-state index in [0.717, 1.165) is 12.3 Å². The lowest BCUT2D eigenvalue weighted by Crippen LogP contribution is -2.35. The number of nitrogens with one attached hydrogen (secondary N) is 2. The number of ether oxygens (including phenoxy) is 1. The first-order valence-corrected chi connectivity index (χ1v) is 8.87. The van der Waals surface area contributed by atoms with Gasteiger partial charge >= 0.3 is 0 Å². The van der Waals surface area contributed by atoms with Crippen LogP contribution in [0.3, 0.4) is 0 Å². The maximum absolute atomic E-state index is 12.0. The van der Waals surface area contributed by atoms with E-state index in [0.29, 0.717) is 5.02 Å². The van der Waals surface area contributed by atoms with Crippen molar-refractivity contribution in [3.05, 3.63) is 53.1 Å². The zero-order valence-electron chi connectivity index (χ0n) is 12.9. The van der Waals surface area contributed by atoms with Crippen molar-refractivity contribution < 1.29 is 17.9 Å². The molecule has 0 unspecified atom stereocenters. The lowest BCUT2D eigenvalue weighted by Gasteiger charge is -2.12. The zero-order valence-corrected chi connectivity index (χ0v) is 15.3. The fourth-order valence-corrected chi connectivity index (χ4v) is 2.85. The minimum atomic E-state index is -3.68. The first kappa shape index (κ1) is 20.8. The fourth-order valence-electron chi connectivity index (χ4n) is 1.86. The van der Waals surface area contributed by atoms with E-state index in [1.807, 2.05) is 0 Å². The molecule has 134 valence electrons. The molecule has 2 aromatic rings. The van der Waals surface area contributed by atoms with Crippen LogP contribution >= 0.6 is 24.0 Å². The van der Waals surface area contributed by atoms with Crippen molar-refractivity contribution in [3.63, 3.8) is 0 Å². The molecular formula is C15H15Cl2N3O4S. The molecule has 25 heavy (non-hydrogen) atoms. The van der Waals surface area contributed by atoms with Crippen LogP contribution in [-0.2, 0) is 9.84 Å². The highest BCUT2D eigenvalue weighted by molar-refractivity contribution is 7.90. The number of halogens is 2. The molecular weight excluding hydrogens is 389 g/mol. The molecule has 0 aliphatic heterocycles. The van der Waals surface area contributed by atoms with Crippen LogP contribution in [0.25, 0.3) is 0 Å². The van der Waals surface area contributed by atoms with E-state index in [1.54, 1.807) is 24.3 Å². The number of hydrogen-bond acceptors (Lipinski definition) is 5. The smallest absolute Gasteiger partial charge is 0.257 e. The third kappa shape index (κ3) is 5.35. The minimum Gasteiger partial charge on any atom is -0.454 e. The van der Waals surface area contributed by atoms with Gasteiger partial charge in [-0.3, -0.25) is 15.5 Å². The highest BCUT2D eigenvalue weighted by Crippen LogP contribution is 2.33. The molecule has 0 aliphatic carbocycles. The number of carbonyl (C=O) groups is 1. The van der Waals surface area contributed by atoms with Gasteiger partial charge in [0.25, 0.3) is 5.91 Å². The highest BCUT2D eigenvalue weighted by Gasteiger charge is 2.19. The Balaban J connectivity index is 0.00000312. The van der Waals surface area contributed by atoms with Gasteiger partial charge in [-0.1, -0.05) is 23.7 Å². The fraction of sp³-hybridized carbons (Fsp3) is 0.0667. The zero-order chi connectivity index (χ0) is 17.9. The number of amides is 1. The number of hydrogen-bond donors (Lipinski definition) is 3. The maximum Gasteiger partial charge on any atom is 0.257 e. The Morgan fingerprint density at radius 1 is 1.20 bits per heavy atom. The van der Waals surface area contributed by atoms with Crippen LogP contribution in [0.2, 0.25) is 5.02 Å². The van der Waals surface area contributed by atoms with E-state index >= 15 is 0 Å². The summed E-state index contributed by atoms with van der Waals surface area (Å²) in [6.07, 6.45) is 0.994. The Kier molecular flexibility index (Phi) is 6.80. The Labute approximate surface area is 156 Å². The number of nitrogens with two attached hydrogens (primary N) is 1. The lowest BCUT2D eigenvalue weighted by molar-refractivity contribution is 0.0976. The predicted molar refractivity (Wildman–Crippen MR) is 97.7 cm³/mol. The molecule has 0 aromatic heterocycles. The number of guanidine groups is 1. The summed E-state index contributed by atoms with van der Waals surface area (Å²) < 4.78 is 29.6. The standard InChI is InChI=1S/C15H14ClN3O4S.ClH/c1-24(21,22)13-8-9(14(20)19-15(17)18)6-7-12(13)23-11-5-3-2-4-10(11)16;/h2-8H,1H3,(H4,17,18,19,20);1H. The summed E-state index contributed by atoms with van der Waals surface area (Å²) in [7, 11) is -3.68. The predicted octanol–water partition coefficient (Wildman–Crippen LogP) is 2.58. The topological polar surface area (TPSA) is 122 Å². The molecule has 0 aliphatic rings. The number of para-hydroxylation sites is 1. The van der Waals surface area contributed by atoms with Crippen molar-refractivity contribution in [3.8, 4) is 11.5 Å². The summed E-state index contributed by atoms with van der Waals surface area (Å²) >= 11 is 6.00. The van der Waals surface area contributed by atoms with Crippen LogP contribution in [0.4, 0.5) is 0 Å². The van der Waals surface area contributed by atoms with Crippen molar-refractivity contribution in [2.45, 2.75) is 4.90 Å². The lowest BCUT2D eigenvalue weighted by atomic mass is 10.2. The van der Waals surface area contributed by atoms with Crippen molar-refractivity contribution in [2.24, 2.45) is 5.73 Å². The number of rotatable bonds is 4. The van der Waals surface area contributed by atoms with Gasteiger partial charge < -0.3 is 10.5 Å². The van der Waals surface area contributed by atoms with Crippen molar-refractivity contribution in [1.29, 1.82) is 5.41 Å². The van der Waals surface area contributed by atoms with Gasteiger partial charge in [0, 0.05) is 11.8 Å². The normalized spacial score (nSPS) is 10.5. The molecule has 10 heteroatoms. The van der Waals surface area contributed by atoms with Gasteiger partial charge in [0.05, 0.1) is 5.02 Å². The van der Waals surface area contributed by atoms with Crippen LogP contribution in [0.1, 0.15) is 10.4 Å². The first-order chi connectivity index (χ1) is 11.2. The van der Waals surface area contributed by atoms with Crippen LogP contribution < -0.4 is 15.8 Å². The van der Waals surface area contributed by atoms with Crippen LogP contribution in [-0.4, -0.2) is 26.5 Å². The molecule has 0 heterocycles. The van der Waals surface area contributed by atoms with Gasteiger partial charge in [-0.25, -0.2) is 8.42 Å². The van der Waals surface area contributed by atoms with E-state index in [4.69, 9.17) is 27.5 Å². The Morgan fingerprint density at radius 3 is 2.40 bits per heavy atom. The van der Waals surface area contributed by atoms with Gasteiger partial charge in [-0.15, -0.1) is 12.4 Å². The summed E-state index contributed by atoms with van der Waals surface area (Å²) in [6.45, 7) is 0. The average molecular weight is 404 g/mol. The molecule has 2 aromatic carbocycles. The van der Waals surface area contributed by atoms with Gasteiger partial charge in [0.15, 0.2) is 15.8 Å². The summed E-state index contributed by atoms with van der Waals surface area (Å²) in [5.41, 5.74) is 5.12. The molecule has 0 bridgehead atoms. The summed E-state index contributed by atoms with van der Waals surface area (Å²) in [5, 5.41) is 9.45. The largest absolute Gasteiger partial charge is 0.454 e.